The molecule has 0 unspecified atom stereocenters. The van der Waals surface area contributed by atoms with Gasteiger partial charge in [-0.05, 0) is 60.2 Å². The zero-order valence-corrected chi connectivity index (χ0v) is 16.5. The molecule has 1 saturated heterocycles. The number of benzene rings is 2. The number of hydrogen-bond donors (Lipinski definition) is 0. The van der Waals surface area contributed by atoms with Crippen molar-refractivity contribution in [2.24, 2.45) is 0 Å². The molecule has 0 radical (unpaired) electrons. The minimum Gasteiger partial charge on any atom is -0.486 e. The molecule has 2 aromatic rings. The topological polar surface area (TPSA) is 46.6 Å². The molecule has 0 aliphatic carbocycles. The van der Waals surface area contributed by atoms with Crippen LogP contribution in [-0.2, 0) is 11.4 Å². The second-order valence-electron chi connectivity index (χ2n) is 5.65. The van der Waals surface area contributed by atoms with Gasteiger partial charge in [0.15, 0.2) is 5.75 Å². The summed E-state index contributed by atoms with van der Waals surface area (Å²) in [6.45, 7) is 2.23. The quantitative estimate of drug-likeness (QED) is 0.570. The summed E-state index contributed by atoms with van der Waals surface area (Å²) in [4.78, 5) is 25.4. The SMILES string of the molecule is CCN1C(=O)S/C(=C/c2cc(Cl)c(OCc3ccc(F)cc3)c(Cl)c2)C1=O. The van der Waals surface area contributed by atoms with Gasteiger partial charge in [-0.1, -0.05) is 35.3 Å². The summed E-state index contributed by atoms with van der Waals surface area (Å²) in [5, 5.41) is 0.237. The molecule has 0 bridgehead atoms. The Balaban J connectivity index is 1.79. The monoisotopic (exact) mass is 425 g/mol. The molecule has 1 heterocycles. The lowest BCUT2D eigenvalue weighted by Crippen LogP contribution is -2.27. The molecule has 1 aliphatic rings. The molecule has 140 valence electrons. The smallest absolute Gasteiger partial charge is 0.293 e. The van der Waals surface area contributed by atoms with Gasteiger partial charge in [0, 0.05) is 6.54 Å². The highest BCUT2D eigenvalue weighted by atomic mass is 35.5. The number of nitrogens with zero attached hydrogens (tertiary/aromatic N) is 1. The number of carbonyl (C=O) groups excluding carboxylic acids is 2. The van der Waals surface area contributed by atoms with Crippen molar-refractivity contribution in [3.05, 3.63) is 68.3 Å². The summed E-state index contributed by atoms with van der Waals surface area (Å²) < 4.78 is 18.6. The van der Waals surface area contributed by atoms with Crippen LogP contribution in [0.1, 0.15) is 18.1 Å². The fraction of sp³-hybridized carbons (Fsp3) is 0.158. The predicted molar refractivity (Wildman–Crippen MR) is 106 cm³/mol. The average Bonchev–Trinajstić information content (AvgIpc) is 2.88. The van der Waals surface area contributed by atoms with E-state index in [1.807, 2.05) is 0 Å². The van der Waals surface area contributed by atoms with E-state index in [9.17, 15) is 14.0 Å². The number of imide groups is 1. The van der Waals surface area contributed by atoms with Crippen molar-refractivity contribution in [2.75, 3.05) is 6.54 Å². The van der Waals surface area contributed by atoms with Gasteiger partial charge in [-0.3, -0.25) is 14.5 Å². The minimum absolute atomic E-state index is 0.175. The van der Waals surface area contributed by atoms with E-state index in [2.05, 4.69) is 0 Å². The lowest BCUT2D eigenvalue weighted by atomic mass is 10.2. The van der Waals surface area contributed by atoms with Gasteiger partial charge in [0.25, 0.3) is 11.1 Å². The number of amides is 2. The van der Waals surface area contributed by atoms with Gasteiger partial charge >= 0.3 is 0 Å². The Morgan fingerprint density at radius 1 is 1.15 bits per heavy atom. The first-order valence-electron chi connectivity index (χ1n) is 8.00. The van der Waals surface area contributed by atoms with E-state index in [0.29, 0.717) is 22.8 Å². The molecule has 27 heavy (non-hydrogen) atoms. The van der Waals surface area contributed by atoms with Crippen LogP contribution in [0.5, 0.6) is 5.75 Å². The van der Waals surface area contributed by atoms with Crippen LogP contribution < -0.4 is 4.74 Å². The molecule has 0 saturated carbocycles. The second-order valence-corrected chi connectivity index (χ2v) is 7.46. The van der Waals surface area contributed by atoms with Crippen LogP contribution in [0.3, 0.4) is 0 Å². The molecule has 0 atom stereocenters. The first-order chi connectivity index (χ1) is 12.9. The molecular formula is C19H14Cl2FNO3S. The van der Waals surface area contributed by atoms with E-state index in [0.717, 1.165) is 17.3 Å². The predicted octanol–water partition coefficient (Wildman–Crippen LogP) is 5.77. The summed E-state index contributed by atoms with van der Waals surface area (Å²) in [5.41, 5.74) is 1.35. The number of hydrogen-bond acceptors (Lipinski definition) is 4. The summed E-state index contributed by atoms with van der Waals surface area (Å²) in [7, 11) is 0. The molecule has 0 N–H and O–H groups in total. The molecule has 1 aliphatic heterocycles. The summed E-state index contributed by atoms with van der Waals surface area (Å²) in [5.74, 6) is -0.371. The Kier molecular flexibility index (Phi) is 6.09. The van der Waals surface area contributed by atoms with Crippen LogP contribution in [0.4, 0.5) is 9.18 Å². The highest BCUT2D eigenvalue weighted by molar-refractivity contribution is 8.18. The van der Waals surface area contributed by atoms with E-state index in [-0.39, 0.29) is 33.6 Å². The summed E-state index contributed by atoms with van der Waals surface area (Å²) in [6, 6.07) is 9.11. The van der Waals surface area contributed by atoms with Crippen molar-refractivity contribution in [2.45, 2.75) is 13.5 Å². The number of carbonyl (C=O) groups is 2. The molecular weight excluding hydrogens is 412 g/mol. The van der Waals surface area contributed by atoms with Gasteiger partial charge in [0.1, 0.15) is 12.4 Å². The van der Waals surface area contributed by atoms with Crippen LogP contribution in [-0.4, -0.2) is 22.6 Å². The van der Waals surface area contributed by atoms with E-state index >= 15 is 0 Å². The maximum Gasteiger partial charge on any atom is 0.293 e. The third kappa shape index (κ3) is 4.46. The van der Waals surface area contributed by atoms with Crippen molar-refractivity contribution in [3.8, 4) is 5.75 Å². The Bertz CT molecular complexity index is 908. The fourth-order valence-corrected chi connectivity index (χ4v) is 3.98. The minimum atomic E-state index is -0.337. The standard InChI is InChI=1S/C19H14Cl2FNO3S/c1-2-23-18(24)16(27-19(23)25)9-12-7-14(20)17(15(21)8-12)26-10-11-3-5-13(22)6-4-11/h3-9H,2,10H2,1H3/b16-9+. The number of likely N-dealkylation sites (N-methyl/N-ethyl adjacent to an activating group) is 1. The zero-order chi connectivity index (χ0) is 19.6. The molecule has 0 aromatic heterocycles. The van der Waals surface area contributed by atoms with Gasteiger partial charge in [-0.2, -0.15) is 0 Å². The van der Waals surface area contributed by atoms with E-state index in [1.54, 1.807) is 37.3 Å². The van der Waals surface area contributed by atoms with Gasteiger partial charge in [0.05, 0.1) is 15.0 Å². The Morgan fingerprint density at radius 3 is 2.33 bits per heavy atom. The lowest BCUT2D eigenvalue weighted by Gasteiger charge is -2.11. The van der Waals surface area contributed by atoms with Crippen molar-refractivity contribution < 1.29 is 18.7 Å². The first kappa shape index (κ1) is 19.7. The Hall–Kier alpha value is -2.02. The van der Waals surface area contributed by atoms with Crippen molar-refractivity contribution in [1.29, 1.82) is 0 Å². The van der Waals surface area contributed by atoms with Gasteiger partial charge in [0.2, 0.25) is 0 Å². The molecule has 4 nitrogen and oxygen atoms in total. The number of rotatable bonds is 5. The van der Waals surface area contributed by atoms with Gasteiger partial charge in [-0.15, -0.1) is 0 Å². The highest BCUT2D eigenvalue weighted by Gasteiger charge is 2.33. The number of thioether (sulfide) groups is 1. The van der Waals surface area contributed by atoms with Crippen molar-refractivity contribution in [3.63, 3.8) is 0 Å². The lowest BCUT2D eigenvalue weighted by molar-refractivity contribution is -0.122. The maximum absolute atomic E-state index is 13.0. The molecule has 8 heteroatoms. The highest BCUT2D eigenvalue weighted by Crippen LogP contribution is 2.37. The van der Waals surface area contributed by atoms with Gasteiger partial charge < -0.3 is 4.74 Å². The van der Waals surface area contributed by atoms with E-state index in [1.165, 1.54) is 17.0 Å². The molecule has 3 rings (SSSR count). The third-order valence-corrected chi connectivity index (χ3v) is 5.27. The molecule has 0 spiro atoms. The van der Waals surface area contributed by atoms with Crippen molar-refractivity contribution in [1.82, 2.24) is 4.90 Å². The maximum atomic E-state index is 13.0. The van der Waals surface area contributed by atoms with Crippen molar-refractivity contribution >= 4 is 52.2 Å². The van der Waals surface area contributed by atoms with Crippen LogP contribution in [0.15, 0.2) is 41.3 Å². The second kappa shape index (κ2) is 8.33. The Morgan fingerprint density at radius 2 is 1.78 bits per heavy atom. The first-order valence-corrected chi connectivity index (χ1v) is 9.58. The van der Waals surface area contributed by atoms with E-state index in [4.69, 9.17) is 27.9 Å². The summed E-state index contributed by atoms with van der Waals surface area (Å²) >= 11 is 13.4. The number of ether oxygens (including phenoxy) is 1. The largest absolute Gasteiger partial charge is 0.486 e. The molecule has 1 fully saturated rings. The zero-order valence-electron chi connectivity index (χ0n) is 14.2. The normalized spacial score (nSPS) is 15.7. The average molecular weight is 426 g/mol. The van der Waals surface area contributed by atoms with Gasteiger partial charge in [-0.25, -0.2) is 4.39 Å². The molecule has 2 amide bonds. The summed E-state index contributed by atoms with van der Waals surface area (Å²) in [6.07, 6.45) is 1.57. The van der Waals surface area contributed by atoms with Crippen LogP contribution in [0, 0.1) is 5.82 Å². The van der Waals surface area contributed by atoms with E-state index < -0.39 is 0 Å². The fourth-order valence-electron chi connectivity index (χ4n) is 2.46. The number of halogens is 3. The van der Waals surface area contributed by atoms with Crippen LogP contribution in [0.25, 0.3) is 6.08 Å². The van der Waals surface area contributed by atoms with Crippen LogP contribution >= 0.6 is 35.0 Å². The Labute approximate surface area is 169 Å². The van der Waals surface area contributed by atoms with Crippen LogP contribution in [0.2, 0.25) is 10.0 Å². The molecule has 2 aromatic carbocycles. The third-order valence-electron chi connectivity index (χ3n) is 3.80.